The van der Waals surface area contributed by atoms with E-state index in [0.717, 1.165) is 26.2 Å². The number of carbonyl (C=O) groups excluding carboxylic acids is 1. The topological polar surface area (TPSA) is 66.4 Å². The fraction of sp³-hybridized carbons (Fsp3) is 0.231. The summed E-state index contributed by atoms with van der Waals surface area (Å²) in [4.78, 5) is 22.3. The highest BCUT2D eigenvalue weighted by atomic mass is 16.5. The Morgan fingerprint density at radius 1 is 0.818 bits per heavy atom. The zero-order valence-corrected chi connectivity index (χ0v) is 18.9. The Labute approximate surface area is 194 Å². The van der Waals surface area contributed by atoms with Crippen LogP contribution in [0.1, 0.15) is 10.4 Å². The van der Waals surface area contributed by atoms with Gasteiger partial charge in [0.25, 0.3) is 5.91 Å². The van der Waals surface area contributed by atoms with Crippen LogP contribution in [0, 0.1) is 0 Å². The van der Waals surface area contributed by atoms with Gasteiger partial charge in [0.15, 0.2) is 0 Å². The van der Waals surface area contributed by atoms with Crippen LogP contribution in [0.2, 0.25) is 0 Å². The Bertz CT molecular complexity index is 1090. The van der Waals surface area contributed by atoms with Gasteiger partial charge in [-0.3, -0.25) is 10.1 Å². The summed E-state index contributed by atoms with van der Waals surface area (Å²) >= 11 is 0. The predicted octanol–water partition coefficient (Wildman–Crippen LogP) is 3.94. The van der Waals surface area contributed by atoms with Crippen molar-refractivity contribution in [2.75, 3.05) is 45.3 Å². The number of rotatable bonds is 5. The molecule has 1 fully saturated rings. The molecule has 0 atom stereocenters. The number of piperazine rings is 1. The predicted molar refractivity (Wildman–Crippen MR) is 131 cm³/mol. The standard InChI is InChI=1S/C26H28N4O3/c1-32-22-14-12-20(13-15-22)25(31)28-26(27-23-10-6-7-11-24(23)33-2)30-18-16-29(17-19-30)21-8-4-3-5-9-21/h3-15H,16-19H2,1-2H3,(H,27,28,31). The fourth-order valence-corrected chi connectivity index (χ4v) is 3.75. The number of carbonyl (C=O) groups is 1. The molecule has 33 heavy (non-hydrogen) atoms. The molecule has 170 valence electrons. The van der Waals surface area contributed by atoms with Crippen LogP contribution in [-0.2, 0) is 0 Å². The lowest BCUT2D eigenvalue weighted by molar-refractivity contribution is 0.0971. The van der Waals surface area contributed by atoms with Gasteiger partial charge in [0, 0.05) is 37.4 Å². The van der Waals surface area contributed by atoms with Gasteiger partial charge in [-0.25, -0.2) is 4.99 Å². The van der Waals surface area contributed by atoms with Gasteiger partial charge in [-0.2, -0.15) is 0 Å². The van der Waals surface area contributed by atoms with E-state index < -0.39 is 0 Å². The number of anilines is 1. The number of guanidine groups is 1. The van der Waals surface area contributed by atoms with Crippen LogP contribution in [0.3, 0.4) is 0 Å². The first kappa shape index (κ1) is 22.2. The maximum atomic E-state index is 13.0. The lowest BCUT2D eigenvalue weighted by Gasteiger charge is -2.37. The second kappa shape index (κ2) is 10.5. The summed E-state index contributed by atoms with van der Waals surface area (Å²) in [6.07, 6.45) is 0. The normalized spacial score (nSPS) is 14.1. The molecule has 1 amide bonds. The monoisotopic (exact) mass is 444 g/mol. The fourth-order valence-electron chi connectivity index (χ4n) is 3.75. The number of hydrogen-bond donors (Lipinski definition) is 1. The quantitative estimate of drug-likeness (QED) is 0.477. The molecule has 0 spiro atoms. The number of methoxy groups -OCH3 is 2. The Balaban J connectivity index is 1.56. The van der Waals surface area contributed by atoms with Crippen molar-refractivity contribution in [2.24, 2.45) is 4.99 Å². The molecule has 3 aromatic carbocycles. The molecular formula is C26H28N4O3. The molecule has 1 heterocycles. The third-order valence-corrected chi connectivity index (χ3v) is 5.59. The molecule has 0 saturated carbocycles. The average molecular weight is 445 g/mol. The summed E-state index contributed by atoms with van der Waals surface area (Å²) in [5, 5.41) is 3.02. The minimum Gasteiger partial charge on any atom is -0.497 e. The molecule has 1 saturated heterocycles. The average Bonchev–Trinajstić information content (AvgIpc) is 2.89. The van der Waals surface area contributed by atoms with Crippen LogP contribution in [-0.4, -0.2) is 57.2 Å². The third-order valence-electron chi connectivity index (χ3n) is 5.59. The number of aliphatic imine (C=N–C) groups is 1. The van der Waals surface area contributed by atoms with Crippen molar-refractivity contribution in [3.05, 3.63) is 84.4 Å². The first-order valence-corrected chi connectivity index (χ1v) is 10.9. The number of nitrogens with one attached hydrogen (secondary N) is 1. The molecule has 0 aliphatic carbocycles. The van der Waals surface area contributed by atoms with Crippen LogP contribution in [0.15, 0.2) is 83.9 Å². The van der Waals surface area contributed by atoms with Crippen LogP contribution < -0.4 is 19.7 Å². The van der Waals surface area contributed by atoms with E-state index in [2.05, 4.69) is 27.2 Å². The molecule has 1 N–H and O–H groups in total. The SMILES string of the molecule is COc1ccc(C(=O)NC(=Nc2ccccc2OC)N2CCN(c3ccccc3)CC2)cc1. The van der Waals surface area contributed by atoms with Crippen molar-refractivity contribution in [2.45, 2.75) is 0 Å². The summed E-state index contributed by atoms with van der Waals surface area (Å²) in [5.41, 5.74) is 2.39. The molecule has 7 heteroatoms. The molecule has 1 aliphatic heterocycles. The van der Waals surface area contributed by atoms with E-state index in [1.165, 1.54) is 5.69 Å². The number of para-hydroxylation sites is 3. The van der Waals surface area contributed by atoms with E-state index >= 15 is 0 Å². The summed E-state index contributed by atoms with van der Waals surface area (Å²) in [7, 11) is 3.21. The lowest BCUT2D eigenvalue weighted by Crippen LogP contribution is -2.53. The number of benzene rings is 3. The molecule has 0 unspecified atom stereocenters. The number of amides is 1. The molecule has 0 bridgehead atoms. The molecule has 7 nitrogen and oxygen atoms in total. The van der Waals surface area contributed by atoms with Crippen LogP contribution in [0.25, 0.3) is 0 Å². The summed E-state index contributed by atoms with van der Waals surface area (Å²) in [6.45, 7) is 3.11. The number of hydrogen-bond acceptors (Lipinski definition) is 5. The molecule has 0 radical (unpaired) electrons. The Morgan fingerprint density at radius 3 is 2.15 bits per heavy atom. The van der Waals surface area contributed by atoms with Gasteiger partial charge in [0.05, 0.1) is 14.2 Å². The lowest BCUT2D eigenvalue weighted by atomic mass is 10.2. The van der Waals surface area contributed by atoms with Gasteiger partial charge in [0.1, 0.15) is 17.2 Å². The summed E-state index contributed by atoms with van der Waals surface area (Å²) in [5.74, 6) is 1.63. The minimum absolute atomic E-state index is 0.225. The third kappa shape index (κ3) is 5.44. The largest absolute Gasteiger partial charge is 0.497 e. The molecule has 1 aliphatic rings. The highest BCUT2D eigenvalue weighted by Gasteiger charge is 2.22. The Morgan fingerprint density at radius 2 is 1.48 bits per heavy atom. The van der Waals surface area contributed by atoms with E-state index in [4.69, 9.17) is 14.5 Å². The number of nitrogens with zero attached hydrogens (tertiary/aromatic N) is 3. The highest BCUT2D eigenvalue weighted by molar-refractivity contribution is 6.06. The maximum absolute atomic E-state index is 13.0. The van der Waals surface area contributed by atoms with E-state index in [1.807, 2.05) is 42.5 Å². The van der Waals surface area contributed by atoms with Gasteiger partial charge >= 0.3 is 0 Å². The van der Waals surface area contributed by atoms with Gasteiger partial charge in [-0.1, -0.05) is 30.3 Å². The summed E-state index contributed by atoms with van der Waals surface area (Å²) < 4.78 is 10.7. The molecule has 3 aromatic rings. The van der Waals surface area contributed by atoms with Crippen molar-refractivity contribution in [1.82, 2.24) is 10.2 Å². The van der Waals surface area contributed by atoms with Crippen LogP contribution in [0.4, 0.5) is 11.4 Å². The van der Waals surface area contributed by atoms with Crippen LogP contribution >= 0.6 is 0 Å². The first-order valence-electron chi connectivity index (χ1n) is 10.9. The zero-order valence-electron chi connectivity index (χ0n) is 18.9. The highest BCUT2D eigenvalue weighted by Crippen LogP contribution is 2.27. The van der Waals surface area contributed by atoms with E-state index in [9.17, 15) is 4.79 Å². The second-order valence-corrected chi connectivity index (χ2v) is 7.60. The van der Waals surface area contributed by atoms with Crippen molar-refractivity contribution >= 4 is 23.2 Å². The first-order chi connectivity index (χ1) is 16.2. The summed E-state index contributed by atoms with van der Waals surface area (Å²) in [6, 6.07) is 24.9. The van der Waals surface area contributed by atoms with E-state index in [0.29, 0.717) is 28.7 Å². The van der Waals surface area contributed by atoms with Crippen molar-refractivity contribution in [3.63, 3.8) is 0 Å². The maximum Gasteiger partial charge on any atom is 0.257 e. The Hall–Kier alpha value is -4.00. The van der Waals surface area contributed by atoms with Gasteiger partial charge in [-0.05, 0) is 48.5 Å². The van der Waals surface area contributed by atoms with E-state index in [-0.39, 0.29) is 5.91 Å². The minimum atomic E-state index is -0.225. The second-order valence-electron chi connectivity index (χ2n) is 7.60. The number of ether oxygens (including phenoxy) is 2. The van der Waals surface area contributed by atoms with Gasteiger partial charge < -0.3 is 19.3 Å². The smallest absolute Gasteiger partial charge is 0.257 e. The zero-order chi connectivity index (χ0) is 23.0. The van der Waals surface area contributed by atoms with Gasteiger partial charge in [-0.15, -0.1) is 0 Å². The van der Waals surface area contributed by atoms with Crippen molar-refractivity contribution < 1.29 is 14.3 Å². The Kier molecular flexibility index (Phi) is 7.09. The van der Waals surface area contributed by atoms with Gasteiger partial charge in [0.2, 0.25) is 5.96 Å². The molecular weight excluding hydrogens is 416 g/mol. The van der Waals surface area contributed by atoms with Crippen molar-refractivity contribution in [1.29, 1.82) is 0 Å². The van der Waals surface area contributed by atoms with E-state index in [1.54, 1.807) is 38.5 Å². The van der Waals surface area contributed by atoms with Crippen molar-refractivity contribution in [3.8, 4) is 11.5 Å². The molecule has 0 aromatic heterocycles. The van der Waals surface area contributed by atoms with Crippen LogP contribution in [0.5, 0.6) is 11.5 Å². The molecule has 4 rings (SSSR count).